The number of nitrogens with zero attached hydrogens (tertiary/aromatic N) is 1. The lowest BCUT2D eigenvalue weighted by atomic mass is 10.1. The molecule has 0 aromatic heterocycles. The Morgan fingerprint density at radius 1 is 0.938 bits per heavy atom. The number of carbonyl (C=O) groups is 1. The molecule has 5 nitrogen and oxygen atoms in total. The van der Waals surface area contributed by atoms with E-state index in [1.165, 1.54) is 6.07 Å². The van der Waals surface area contributed by atoms with Crippen LogP contribution in [0.25, 0.3) is 0 Å². The van der Waals surface area contributed by atoms with Crippen molar-refractivity contribution in [3.8, 4) is 11.5 Å². The van der Waals surface area contributed by atoms with Gasteiger partial charge >= 0.3 is 6.18 Å². The monoisotopic (exact) mass is 442 g/mol. The number of morpholine rings is 1. The van der Waals surface area contributed by atoms with Gasteiger partial charge in [-0.05, 0) is 42.5 Å². The highest BCUT2D eigenvalue weighted by Crippen LogP contribution is 2.36. The average molecular weight is 442 g/mol. The highest BCUT2D eigenvalue weighted by molar-refractivity contribution is 6.07. The Kier molecular flexibility index (Phi) is 6.32. The van der Waals surface area contributed by atoms with Crippen molar-refractivity contribution in [2.45, 2.75) is 6.18 Å². The molecular formula is C24H21F3N2O3. The van der Waals surface area contributed by atoms with Crippen LogP contribution in [0.1, 0.15) is 15.9 Å². The Balaban J connectivity index is 1.65. The third kappa shape index (κ3) is 5.03. The van der Waals surface area contributed by atoms with Crippen LogP contribution in [-0.4, -0.2) is 32.2 Å². The largest absolute Gasteiger partial charge is 0.457 e. The number of alkyl halides is 3. The Labute approximate surface area is 183 Å². The lowest BCUT2D eigenvalue weighted by Crippen LogP contribution is -2.36. The number of para-hydroxylation sites is 2. The molecule has 8 heteroatoms. The Bertz CT molecular complexity index is 1080. The fourth-order valence-corrected chi connectivity index (χ4v) is 3.44. The minimum Gasteiger partial charge on any atom is -0.457 e. The molecule has 0 spiro atoms. The van der Waals surface area contributed by atoms with Crippen LogP contribution < -0.4 is 15.0 Å². The number of halogens is 3. The number of nitrogens with one attached hydrogen (secondary N) is 1. The summed E-state index contributed by atoms with van der Waals surface area (Å²) in [6, 6.07) is 18.9. The number of hydrogen-bond acceptors (Lipinski definition) is 4. The van der Waals surface area contributed by atoms with Crippen LogP contribution >= 0.6 is 0 Å². The van der Waals surface area contributed by atoms with Gasteiger partial charge in [0.15, 0.2) is 0 Å². The number of amides is 1. The van der Waals surface area contributed by atoms with Crippen molar-refractivity contribution in [1.82, 2.24) is 0 Å². The third-order valence-corrected chi connectivity index (χ3v) is 5.03. The van der Waals surface area contributed by atoms with Crippen LogP contribution in [0.15, 0.2) is 72.8 Å². The van der Waals surface area contributed by atoms with Crippen molar-refractivity contribution in [2.24, 2.45) is 0 Å². The summed E-state index contributed by atoms with van der Waals surface area (Å²) in [5.41, 5.74) is -0.0299. The van der Waals surface area contributed by atoms with Gasteiger partial charge < -0.3 is 19.7 Å². The lowest BCUT2D eigenvalue weighted by Gasteiger charge is -2.31. The summed E-state index contributed by atoms with van der Waals surface area (Å²) in [5.74, 6) is 0.280. The first-order valence-electron chi connectivity index (χ1n) is 10.1. The Morgan fingerprint density at radius 2 is 1.62 bits per heavy atom. The van der Waals surface area contributed by atoms with E-state index in [1.807, 2.05) is 11.0 Å². The molecule has 0 bridgehead atoms. The maximum Gasteiger partial charge on any atom is 0.416 e. The molecular weight excluding hydrogens is 421 g/mol. The van der Waals surface area contributed by atoms with Gasteiger partial charge in [-0.2, -0.15) is 13.2 Å². The zero-order valence-corrected chi connectivity index (χ0v) is 17.1. The molecule has 3 aromatic rings. The van der Waals surface area contributed by atoms with Crippen LogP contribution in [0.5, 0.6) is 11.5 Å². The molecule has 1 amide bonds. The number of ether oxygens (including phenoxy) is 2. The zero-order chi connectivity index (χ0) is 22.6. The van der Waals surface area contributed by atoms with E-state index >= 15 is 0 Å². The van der Waals surface area contributed by atoms with Gasteiger partial charge in [-0.3, -0.25) is 4.79 Å². The molecule has 1 heterocycles. The quantitative estimate of drug-likeness (QED) is 0.560. The van der Waals surface area contributed by atoms with Gasteiger partial charge in [0.2, 0.25) is 0 Å². The van der Waals surface area contributed by atoms with Crippen molar-refractivity contribution >= 4 is 17.3 Å². The summed E-state index contributed by atoms with van der Waals surface area (Å²) in [4.78, 5) is 15.0. The summed E-state index contributed by atoms with van der Waals surface area (Å²) >= 11 is 0. The van der Waals surface area contributed by atoms with Gasteiger partial charge in [-0.1, -0.05) is 30.3 Å². The molecule has 0 atom stereocenters. The van der Waals surface area contributed by atoms with E-state index in [-0.39, 0.29) is 11.3 Å². The van der Waals surface area contributed by atoms with Gasteiger partial charge in [0.05, 0.1) is 35.7 Å². The van der Waals surface area contributed by atoms with E-state index in [0.717, 1.165) is 12.1 Å². The molecule has 0 unspecified atom stereocenters. The normalized spacial score (nSPS) is 14.2. The third-order valence-electron chi connectivity index (χ3n) is 5.03. The smallest absolute Gasteiger partial charge is 0.416 e. The SMILES string of the molecule is O=C(Nc1cc(C(F)(F)F)ccc1N1CCOCC1)c1ccccc1Oc1ccccc1. The van der Waals surface area contributed by atoms with E-state index in [1.54, 1.807) is 48.5 Å². The number of rotatable bonds is 5. The van der Waals surface area contributed by atoms with Crippen molar-refractivity contribution in [3.63, 3.8) is 0 Å². The van der Waals surface area contributed by atoms with Crippen LogP contribution in [0.4, 0.5) is 24.5 Å². The second-order valence-electron chi connectivity index (χ2n) is 7.19. The van der Waals surface area contributed by atoms with E-state index < -0.39 is 17.6 Å². The molecule has 3 aromatic carbocycles. The highest BCUT2D eigenvalue weighted by Gasteiger charge is 2.32. The van der Waals surface area contributed by atoms with Crippen LogP contribution in [0.3, 0.4) is 0 Å². The molecule has 1 fully saturated rings. The predicted molar refractivity (Wildman–Crippen MR) is 115 cm³/mol. The first kappa shape index (κ1) is 21.7. The second-order valence-corrected chi connectivity index (χ2v) is 7.19. The number of benzene rings is 3. The van der Waals surface area contributed by atoms with Gasteiger partial charge in [0.1, 0.15) is 11.5 Å². The number of carbonyl (C=O) groups excluding carboxylic acids is 1. The van der Waals surface area contributed by atoms with Crippen LogP contribution in [0.2, 0.25) is 0 Å². The summed E-state index contributed by atoms with van der Waals surface area (Å²) in [6.07, 6.45) is -4.53. The van der Waals surface area contributed by atoms with E-state index in [2.05, 4.69) is 5.32 Å². The minimum absolute atomic E-state index is 0.0845. The van der Waals surface area contributed by atoms with Crippen LogP contribution in [-0.2, 0) is 10.9 Å². The van der Waals surface area contributed by atoms with Crippen molar-refractivity contribution in [3.05, 3.63) is 83.9 Å². The fraction of sp³-hybridized carbons (Fsp3) is 0.208. The molecule has 1 aliphatic heterocycles. The maximum absolute atomic E-state index is 13.3. The zero-order valence-electron chi connectivity index (χ0n) is 17.1. The highest BCUT2D eigenvalue weighted by atomic mass is 19.4. The second kappa shape index (κ2) is 9.32. The first-order valence-corrected chi connectivity index (χ1v) is 10.1. The molecule has 0 saturated carbocycles. The average Bonchev–Trinajstić information content (AvgIpc) is 2.80. The van der Waals surface area contributed by atoms with Crippen LogP contribution in [0, 0.1) is 0 Å². The lowest BCUT2D eigenvalue weighted by molar-refractivity contribution is -0.137. The molecule has 4 rings (SSSR count). The molecule has 1 saturated heterocycles. The summed E-state index contributed by atoms with van der Waals surface area (Å²) in [6.45, 7) is 1.95. The Morgan fingerprint density at radius 3 is 2.34 bits per heavy atom. The van der Waals surface area contributed by atoms with Gasteiger partial charge in [-0.25, -0.2) is 0 Å². The van der Waals surface area contributed by atoms with E-state index in [9.17, 15) is 18.0 Å². The van der Waals surface area contributed by atoms with E-state index in [4.69, 9.17) is 9.47 Å². The van der Waals surface area contributed by atoms with Crippen molar-refractivity contribution in [1.29, 1.82) is 0 Å². The van der Waals surface area contributed by atoms with Crippen molar-refractivity contribution in [2.75, 3.05) is 36.5 Å². The van der Waals surface area contributed by atoms with Gasteiger partial charge in [0, 0.05) is 13.1 Å². The fourth-order valence-electron chi connectivity index (χ4n) is 3.44. The van der Waals surface area contributed by atoms with Gasteiger partial charge in [0.25, 0.3) is 5.91 Å². The topological polar surface area (TPSA) is 50.8 Å². The number of hydrogen-bond donors (Lipinski definition) is 1. The van der Waals surface area contributed by atoms with Crippen molar-refractivity contribution < 1.29 is 27.4 Å². The van der Waals surface area contributed by atoms with E-state index in [0.29, 0.717) is 43.5 Å². The number of anilines is 2. The minimum atomic E-state index is -4.53. The maximum atomic E-state index is 13.3. The molecule has 32 heavy (non-hydrogen) atoms. The molecule has 0 radical (unpaired) electrons. The Hall–Kier alpha value is -3.52. The first-order chi connectivity index (χ1) is 15.4. The summed E-state index contributed by atoms with van der Waals surface area (Å²) < 4.78 is 51.2. The standard InChI is InChI=1S/C24H21F3N2O3/c25-24(26,27)17-10-11-21(29-12-14-31-15-13-29)20(16-17)28-23(30)19-8-4-5-9-22(19)32-18-6-2-1-3-7-18/h1-11,16H,12-15H2,(H,28,30). The summed E-state index contributed by atoms with van der Waals surface area (Å²) in [5, 5.41) is 2.66. The predicted octanol–water partition coefficient (Wildman–Crippen LogP) is 5.59. The molecule has 1 N–H and O–H groups in total. The molecule has 1 aliphatic rings. The van der Waals surface area contributed by atoms with Gasteiger partial charge in [-0.15, -0.1) is 0 Å². The summed E-state index contributed by atoms with van der Waals surface area (Å²) in [7, 11) is 0. The molecule has 0 aliphatic carbocycles. The molecule has 166 valence electrons.